The number of halogens is 1. The minimum atomic E-state index is -0.379. The van der Waals surface area contributed by atoms with Crippen LogP contribution >= 0.6 is 11.6 Å². The van der Waals surface area contributed by atoms with E-state index in [1.54, 1.807) is 4.90 Å². The highest BCUT2D eigenvalue weighted by atomic mass is 35.5. The maximum Gasteiger partial charge on any atom is 0.322 e. The largest absolute Gasteiger partial charge is 0.322 e. The zero-order valence-corrected chi connectivity index (χ0v) is 21.9. The van der Waals surface area contributed by atoms with Gasteiger partial charge in [0.25, 0.3) is 0 Å². The number of fused-ring (bicyclic) bond motifs is 3. The molecule has 38 heavy (non-hydrogen) atoms. The summed E-state index contributed by atoms with van der Waals surface area (Å²) in [6.45, 7) is 2.05. The smallest absolute Gasteiger partial charge is 0.316 e. The lowest BCUT2D eigenvalue weighted by atomic mass is 9.97. The Labute approximate surface area is 227 Å². The first-order valence-corrected chi connectivity index (χ1v) is 13.4. The first-order chi connectivity index (χ1) is 18.5. The molecule has 1 fully saturated rings. The SMILES string of the molecule is CCc1ccccc1NC(=O)N(CC(=O)N1c2ccccc2-n2cccc2C1c1cccc(Cl)c1)C1CC1. The fourth-order valence-corrected chi connectivity index (χ4v) is 5.57. The summed E-state index contributed by atoms with van der Waals surface area (Å²) in [6.07, 6.45) is 4.62. The van der Waals surface area contributed by atoms with Crippen LogP contribution in [0.25, 0.3) is 5.69 Å². The standard InChI is InChI=1S/C31H29ClN4O2/c1-2-21-9-3-4-12-25(21)33-31(38)35(24-16-17-24)20-29(37)36-27-14-6-5-13-26(27)34-18-8-15-28(34)30(36)22-10-7-11-23(32)19-22/h3-15,18-19,24,30H,2,16-17,20H2,1H3,(H,33,38). The monoisotopic (exact) mass is 524 g/mol. The maximum absolute atomic E-state index is 14.2. The quantitative estimate of drug-likeness (QED) is 0.300. The molecule has 1 N–H and O–H groups in total. The van der Waals surface area contributed by atoms with Crippen molar-refractivity contribution in [1.82, 2.24) is 9.47 Å². The van der Waals surface area contributed by atoms with E-state index in [9.17, 15) is 9.59 Å². The van der Waals surface area contributed by atoms with Crippen LogP contribution in [0.1, 0.15) is 42.6 Å². The van der Waals surface area contributed by atoms with E-state index in [-0.39, 0.29) is 30.6 Å². The average Bonchev–Trinajstić information content (AvgIpc) is 3.66. The van der Waals surface area contributed by atoms with Crippen molar-refractivity contribution in [3.8, 4) is 5.69 Å². The summed E-state index contributed by atoms with van der Waals surface area (Å²) in [5.41, 5.74) is 5.47. The number of aromatic nitrogens is 1. The Morgan fingerprint density at radius 3 is 2.47 bits per heavy atom. The van der Waals surface area contributed by atoms with Gasteiger partial charge >= 0.3 is 6.03 Å². The van der Waals surface area contributed by atoms with Gasteiger partial charge in [-0.25, -0.2) is 4.79 Å². The number of hydrogen-bond donors (Lipinski definition) is 1. The van der Waals surface area contributed by atoms with Crippen molar-refractivity contribution >= 4 is 34.9 Å². The zero-order chi connectivity index (χ0) is 26.2. The molecule has 4 aromatic rings. The molecule has 2 aliphatic rings. The Hall–Kier alpha value is -4.03. The second-order valence-corrected chi connectivity index (χ2v) is 10.2. The number of hydrogen-bond acceptors (Lipinski definition) is 2. The molecular formula is C31H29ClN4O2. The Morgan fingerprint density at radius 1 is 0.947 bits per heavy atom. The van der Waals surface area contributed by atoms with E-state index in [1.807, 2.05) is 96.0 Å². The van der Waals surface area contributed by atoms with Crippen molar-refractivity contribution < 1.29 is 9.59 Å². The van der Waals surface area contributed by atoms with Crippen LogP contribution in [0.5, 0.6) is 0 Å². The van der Waals surface area contributed by atoms with Gasteiger partial charge in [0, 0.05) is 22.9 Å². The molecule has 0 spiro atoms. The highest BCUT2D eigenvalue weighted by Gasteiger charge is 2.40. The summed E-state index contributed by atoms with van der Waals surface area (Å²) in [5.74, 6) is -0.138. The van der Waals surface area contributed by atoms with Crippen molar-refractivity contribution in [2.75, 3.05) is 16.8 Å². The fraction of sp³-hybridized carbons (Fsp3) is 0.226. The van der Waals surface area contributed by atoms with Gasteiger partial charge < -0.3 is 14.8 Å². The lowest BCUT2D eigenvalue weighted by molar-refractivity contribution is -0.119. The number of para-hydroxylation sites is 3. The summed E-state index contributed by atoms with van der Waals surface area (Å²) >= 11 is 6.40. The van der Waals surface area contributed by atoms with Crippen LogP contribution in [0.4, 0.5) is 16.2 Å². The number of aryl methyl sites for hydroxylation is 1. The third kappa shape index (κ3) is 4.45. The van der Waals surface area contributed by atoms with Crippen LogP contribution in [0.3, 0.4) is 0 Å². The highest BCUT2D eigenvalue weighted by Crippen LogP contribution is 2.43. The van der Waals surface area contributed by atoms with Crippen LogP contribution in [0.15, 0.2) is 91.1 Å². The molecule has 6 rings (SSSR count). The normalized spacial score (nSPS) is 15.9. The minimum absolute atomic E-state index is 0.0170. The van der Waals surface area contributed by atoms with Gasteiger partial charge in [0.2, 0.25) is 5.91 Å². The molecule has 0 bridgehead atoms. The van der Waals surface area contributed by atoms with E-state index in [2.05, 4.69) is 16.8 Å². The highest BCUT2D eigenvalue weighted by molar-refractivity contribution is 6.30. The number of carbonyl (C=O) groups excluding carboxylic acids is 2. The summed E-state index contributed by atoms with van der Waals surface area (Å²) in [6, 6.07) is 26.8. The molecule has 7 heteroatoms. The minimum Gasteiger partial charge on any atom is -0.316 e. The third-order valence-corrected chi connectivity index (χ3v) is 7.58. The molecule has 1 atom stereocenters. The van der Waals surface area contributed by atoms with E-state index in [0.717, 1.165) is 53.1 Å². The van der Waals surface area contributed by atoms with Crippen LogP contribution in [0.2, 0.25) is 5.02 Å². The molecule has 3 aromatic carbocycles. The van der Waals surface area contributed by atoms with Crippen molar-refractivity contribution in [3.63, 3.8) is 0 Å². The Balaban J connectivity index is 1.36. The van der Waals surface area contributed by atoms with Gasteiger partial charge in [-0.05, 0) is 72.9 Å². The van der Waals surface area contributed by atoms with Crippen molar-refractivity contribution in [2.45, 2.75) is 38.3 Å². The molecule has 192 valence electrons. The zero-order valence-electron chi connectivity index (χ0n) is 21.2. The maximum atomic E-state index is 14.2. The van der Waals surface area contributed by atoms with E-state index in [0.29, 0.717) is 5.02 Å². The van der Waals surface area contributed by atoms with Gasteiger partial charge in [-0.15, -0.1) is 0 Å². The van der Waals surface area contributed by atoms with Gasteiger partial charge in [0.05, 0.1) is 17.1 Å². The second-order valence-electron chi connectivity index (χ2n) is 9.81. The molecule has 1 aromatic heterocycles. The molecule has 0 saturated heterocycles. The first-order valence-electron chi connectivity index (χ1n) is 13.0. The van der Waals surface area contributed by atoms with E-state index >= 15 is 0 Å². The van der Waals surface area contributed by atoms with Gasteiger partial charge in [-0.1, -0.05) is 61.0 Å². The van der Waals surface area contributed by atoms with Gasteiger partial charge in [0.1, 0.15) is 12.6 Å². The first kappa shape index (κ1) is 24.3. The van der Waals surface area contributed by atoms with Crippen LogP contribution in [-0.2, 0) is 11.2 Å². The molecular weight excluding hydrogens is 496 g/mol. The Bertz CT molecular complexity index is 1510. The predicted molar refractivity (Wildman–Crippen MR) is 151 cm³/mol. The molecule has 1 aliphatic carbocycles. The molecule has 0 radical (unpaired) electrons. The molecule has 1 aliphatic heterocycles. The van der Waals surface area contributed by atoms with Gasteiger partial charge in [-0.3, -0.25) is 9.69 Å². The number of nitrogens with zero attached hydrogens (tertiary/aromatic N) is 3. The molecule has 1 unspecified atom stereocenters. The lowest BCUT2D eigenvalue weighted by Crippen LogP contribution is -2.48. The van der Waals surface area contributed by atoms with Crippen LogP contribution < -0.4 is 10.2 Å². The third-order valence-electron chi connectivity index (χ3n) is 7.35. The topological polar surface area (TPSA) is 57.6 Å². The summed E-state index contributed by atoms with van der Waals surface area (Å²) in [7, 11) is 0. The summed E-state index contributed by atoms with van der Waals surface area (Å²) in [4.78, 5) is 31.3. The number of rotatable bonds is 6. The Morgan fingerprint density at radius 2 is 1.71 bits per heavy atom. The lowest BCUT2D eigenvalue weighted by Gasteiger charge is -2.39. The van der Waals surface area contributed by atoms with Crippen LogP contribution in [0, 0.1) is 0 Å². The van der Waals surface area contributed by atoms with Gasteiger partial charge in [0.15, 0.2) is 0 Å². The predicted octanol–water partition coefficient (Wildman–Crippen LogP) is 6.83. The fourth-order valence-electron chi connectivity index (χ4n) is 5.37. The van der Waals surface area contributed by atoms with Crippen LogP contribution in [-0.4, -0.2) is 34.0 Å². The van der Waals surface area contributed by atoms with E-state index < -0.39 is 0 Å². The van der Waals surface area contributed by atoms with E-state index in [4.69, 9.17) is 11.6 Å². The molecule has 1 saturated carbocycles. The number of amides is 3. The number of benzene rings is 3. The number of anilines is 2. The number of carbonyl (C=O) groups is 2. The van der Waals surface area contributed by atoms with E-state index in [1.165, 1.54) is 0 Å². The summed E-state index contributed by atoms with van der Waals surface area (Å²) in [5, 5.41) is 3.68. The van der Waals surface area contributed by atoms with Gasteiger partial charge in [-0.2, -0.15) is 0 Å². The van der Waals surface area contributed by atoms with Crippen molar-refractivity contribution in [3.05, 3.63) is 113 Å². The number of urea groups is 1. The number of nitrogens with one attached hydrogen (secondary N) is 1. The Kier molecular flexibility index (Phi) is 6.42. The molecule has 3 amide bonds. The molecule has 2 heterocycles. The van der Waals surface area contributed by atoms with Crippen molar-refractivity contribution in [2.24, 2.45) is 0 Å². The van der Waals surface area contributed by atoms with Crippen molar-refractivity contribution in [1.29, 1.82) is 0 Å². The average molecular weight is 525 g/mol. The second kappa shape index (κ2) is 10.0. The molecule has 6 nitrogen and oxygen atoms in total. The summed E-state index contributed by atoms with van der Waals surface area (Å²) < 4.78 is 2.12.